The predicted molar refractivity (Wildman–Crippen MR) is 72.2 cm³/mol. The average Bonchev–Trinajstić information content (AvgIpc) is 3.01. The zero-order valence-electron chi connectivity index (χ0n) is 12.2. The van der Waals surface area contributed by atoms with Gasteiger partial charge >= 0.3 is 5.97 Å². The number of esters is 1. The molecule has 0 amide bonds. The number of nitrogens with zero attached hydrogens (tertiary/aromatic N) is 2. The first-order valence-corrected chi connectivity index (χ1v) is 7.68. The first-order chi connectivity index (χ1) is 9.67. The maximum atomic E-state index is 12.4. The fourth-order valence-electron chi connectivity index (χ4n) is 3.19. The smallest absolute Gasteiger partial charge is 0.321 e. The van der Waals surface area contributed by atoms with Crippen LogP contribution < -0.4 is 0 Å². The van der Waals surface area contributed by atoms with E-state index >= 15 is 0 Å². The second-order valence-electron chi connectivity index (χ2n) is 6.14. The second-order valence-corrected chi connectivity index (χ2v) is 6.14. The van der Waals surface area contributed by atoms with Crippen LogP contribution in [0.15, 0.2) is 4.52 Å². The zero-order chi connectivity index (χ0) is 14.2. The van der Waals surface area contributed by atoms with E-state index < -0.39 is 5.41 Å². The summed E-state index contributed by atoms with van der Waals surface area (Å²) in [4.78, 5) is 17.0. The molecule has 2 fully saturated rings. The van der Waals surface area contributed by atoms with Crippen LogP contribution in [-0.2, 0) is 14.9 Å². The molecule has 2 atom stereocenters. The molecule has 0 bridgehead atoms. The number of carbonyl (C=O) groups is 1. The van der Waals surface area contributed by atoms with Crippen LogP contribution in [0.5, 0.6) is 0 Å². The SMILES string of the molecule is CCOC(=O)C1(c2nc(C3CC3C)no2)CCCCC1. The van der Waals surface area contributed by atoms with Crippen LogP contribution >= 0.6 is 0 Å². The van der Waals surface area contributed by atoms with Gasteiger partial charge in [0, 0.05) is 5.92 Å². The highest BCUT2D eigenvalue weighted by Crippen LogP contribution is 2.47. The molecule has 1 heterocycles. The standard InChI is InChI=1S/C15H22N2O3/c1-3-19-14(18)15(7-5-4-6-8-15)13-16-12(17-20-13)11-9-10(11)2/h10-11H,3-9H2,1-2H3. The number of aromatic nitrogens is 2. The molecule has 20 heavy (non-hydrogen) atoms. The molecule has 2 unspecified atom stereocenters. The number of rotatable bonds is 4. The lowest BCUT2D eigenvalue weighted by atomic mass is 9.74. The fourth-order valence-corrected chi connectivity index (χ4v) is 3.19. The Morgan fingerprint density at radius 2 is 2.10 bits per heavy atom. The van der Waals surface area contributed by atoms with Crippen molar-refractivity contribution in [3.05, 3.63) is 11.7 Å². The first-order valence-electron chi connectivity index (χ1n) is 7.68. The van der Waals surface area contributed by atoms with E-state index in [0.717, 1.165) is 44.3 Å². The third-order valence-corrected chi connectivity index (χ3v) is 4.67. The first kappa shape index (κ1) is 13.6. The lowest BCUT2D eigenvalue weighted by Crippen LogP contribution is -2.39. The van der Waals surface area contributed by atoms with Crippen LogP contribution in [0.3, 0.4) is 0 Å². The van der Waals surface area contributed by atoms with E-state index in [1.807, 2.05) is 6.92 Å². The molecule has 1 aromatic heterocycles. The lowest BCUT2D eigenvalue weighted by Gasteiger charge is -2.31. The van der Waals surface area contributed by atoms with E-state index in [9.17, 15) is 4.79 Å². The van der Waals surface area contributed by atoms with Crippen molar-refractivity contribution in [3.63, 3.8) is 0 Å². The van der Waals surface area contributed by atoms with Gasteiger partial charge in [-0.15, -0.1) is 0 Å². The summed E-state index contributed by atoms with van der Waals surface area (Å²) in [6.07, 6.45) is 5.81. The highest BCUT2D eigenvalue weighted by Gasteiger charge is 2.48. The minimum Gasteiger partial charge on any atom is -0.465 e. The van der Waals surface area contributed by atoms with E-state index in [-0.39, 0.29) is 5.97 Å². The van der Waals surface area contributed by atoms with Gasteiger partial charge in [0.1, 0.15) is 5.41 Å². The minimum atomic E-state index is -0.697. The van der Waals surface area contributed by atoms with E-state index in [1.54, 1.807) is 0 Å². The lowest BCUT2D eigenvalue weighted by molar-refractivity contribution is -0.152. The Morgan fingerprint density at radius 3 is 2.70 bits per heavy atom. The molecule has 2 aliphatic rings. The van der Waals surface area contributed by atoms with Crippen LogP contribution in [0.1, 0.15) is 70.0 Å². The molecule has 0 radical (unpaired) electrons. The Labute approximate surface area is 119 Å². The van der Waals surface area contributed by atoms with Crippen molar-refractivity contribution >= 4 is 5.97 Å². The van der Waals surface area contributed by atoms with Gasteiger partial charge in [-0.25, -0.2) is 0 Å². The molecule has 1 aromatic rings. The number of hydrogen-bond acceptors (Lipinski definition) is 5. The summed E-state index contributed by atoms with van der Waals surface area (Å²) in [5.41, 5.74) is -0.697. The van der Waals surface area contributed by atoms with Crippen LogP contribution in [0.25, 0.3) is 0 Å². The van der Waals surface area contributed by atoms with E-state index in [4.69, 9.17) is 9.26 Å². The zero-order valence-corrected chi connectivity index (χ0v) is 12.2. The second kappa shape index (κ2) is 5.19. The van der Waals surface area contributed by atoms with Crippen molar-refractivity contribution in [2.75, 3.05) is 6.61 Å². The maximum Gasteiger partial charge on any atom is 0.321 e. The summed E-state index contributed by atoms with van der Waals surface area (Å²) < 4.78 is 10.7. The van der Waals surface area contributed by atoms with Crippen molar-refractivity contribution < 1.29 is 14.1 Å². The Hall–Kier alpha value is -1.39. The molecule has 0 aromatic carbocycles. The maximum absolute atomic E-state index is 12.4. The minimum absolute atomic E-state index is 0.196. The Balaban J connectivity index is 1.88. The molecular weight excluding hydrogens is 256 g/mol. The van der Waals surface area contributed by atoms with Gasteiger partial charge in [0.25, 0.3) is 0 Å². The monoisotopic (exact) mass is 278 g/mol. The largest absolute Gasteiger partial charge is 0.465 e. The Bertz CT molecular complexity index is 491. The summed E-state index contributed by atoms with van der Waals surface area (Å²) >= 11 is 0. The fraction of sp³-hybridized carbons (Fsp3) is 0.800. The van der Waals surface area contributed by atoms with Gasteiger partial charge in [-0.1, -0.05) is 31.3 Å². The van der Waals surface area contributed by atoms with Crippen LogP contribution in [-0.4, -0.2) is 22.7 Å². The molecule has 0 N–H and O–H groups in total. The van der Waals surface area contributed by atoms with Crippen molar-refractivity contribution in [1.82, 2.24) is 10.1 Å². The number of ether oxygens (including phenoxy) is 1. The van der Waals surface area contributed by atoms with Gasteiger partial charge in [0.2, 0.25) is 5.89 Å². The molecule has 2 aliphatic carbocycles. The molecule has 110 valence electrons. The van der Waals surface area contributed by atoms with Crippen molar-refractivity contribution in [3.8, 4) is 0 Å². The summed E-state index contributed by atoms with van der Waals surface area (Å²) in [6.45, 7) is 4.41. The van der Waals surface area contributed by atoms with Gasteiger partial charge in [-0.05, 0) is 32.1 Å². The Kier molecular flexibility index (Phi) is 3.52. The summed E-state index contributed by atoms with van der Waals surface area (Å²) in [5, 5.41) is 4.10. The van der Waals surface area contributed by atoms with E-state index in [1.165, 1.54) is 0 Å². The average molecular weight is 278 g/mol. The molecule has 0 saturated heterocycles. The predicted octanol–water partition coefficient (Wildman–Crippen LogP) is 2.96. The highest BCUT2D eigenvalue weighted by molar-refractivity contribution is 5.82. The van der Waals surface area contributed by atoms with E-state index in [0.29, 0.717) is 24.3 Å². The molecule has 5 heteroatoms. The third-order valence-electron chi connectivity index (χ3n) is 4.67. The van der Waals surface area contributed by atoms with Gasteiger partial charge in [-0.2, -0.15) is 4.98 Å². The normalized spacial score (nSPS) is 28.1. The topological polar surface area (TPSA) is 65.2 Å². The third kappa shape index (κ3) is 2.23. The highest BCUT2D eigenvalue weighted by atomic mass is 16.5. The molecule has 3 rings (SSSR count). The summed E-state index contributed by atoms with van der Waals surface area (Å²) in [6, 6.07) is 0. The summed E-state index contributed by atoms with van der Waals surface area (Å²) in [5.74, 6) is 2.09. The molecule has 5 nitrogen and oxygen atoms in total. The van der Waals surface area contributed by atoms with Crippen molar-refractivity contribution in [2.45, 2.75) is 63.7 Å². The quantitative estimate of drug-likeness (QED) is 0.792. The van der Waals surface area contributed by atoms with Gasteiger partial charge in [0.05, 0.1) is 6.61 Å². The van der Waals surface area contributed by atoms with E-state index in [2.05, 4.69) is 17.1 Å². The van der Waals surface area contributed by atoms with Crippen LogP contribution in [0.2, 0.25) is 0 Å². The summed E-state index contributed by atoms with van der Waals surface area (Å²) in [7, 11) is 0. The number of hydrogen-bond donors (Lipinski definition) is 0. The van der Waals surface area contributed by atoms with Crippen LogP contribution in [0, 0.1) is 5.92 Å². The van der Waals surface area contributed by atoms with Gasteiger partial charge in [-0.3, -0.25) is 4.79 Å². The van der Waals surface area contributed by atoms with Gasteiger partial charge in [0.15, 0.2) is 5.82 Å². The van der Waals surface area contributed by atoms with Crippen molar-refractivity contribution in [1.29, 1.82) is 0 Å². The van der Waals surface area contributed by atoms with Gasteiger partial charge < -0.3 is 9.26 Å². The molecule has 2 saturated carbocycles. The number of carbonyl (C=O) groups excluding carboxylic acids is 1. The molecule has 0 aliphatic heterocycles. The molecule has 0 spiro atoms. The van der Waals surface area contributed by atoms with Crippen LogP contribution in [0.4, 0.5) is 0 Å². The molecular formula is C15H22N2O3. The Morgan fingerprint density at radius 1 is 1.40 bits per heavy atom. The van der Waals surface area contributed by atoms with Crippen molar-refractivity contribution in [2.24, 2.45) is 5.92 Å².